The van der Waals surface area contributed by atoms with Crippen molar-refractivity contribution in [3.8, 4) is 0 Å². The van der Waals surface area contributed by atoms with Crippen LogP contribution in [0.15, 0.2) is 0 Å². The van der Waals surface area contributed by atoms with Gasteiger partial charge in [-0.25, -0.2) is 4.79 Å². The molecule has 0 aliphatic carbocycles. The van der Waals surface area contributed by atoms with Crippen LogP contribution < -0.4 is 0 Å². The van der Waals surface area contributed by atoms with E-state index in [1.54, 1.807) is 0 Å². The second-order valence-corrected chi connectivity index (χ2v) is 3.23. The van der Waals surface area contributed by atoms with Crippen molar-refractivity contribution >= 4 is 5.97 Å². The summed E-state index contributed by atoms with van der Waals surface area (Å²) in [6, 6.07) is 0. The molecule has 0 aromatic carbocycles. The highest BCUT2D eigenvalue weighted by Gasteiger charge is 2.17. The zero-order valence-corrected chi connectivity index (χ0v) is 7.32. The molecule has 0 radical (unpaired) electrons. The first-order chi connectivity index (χ1) is 5.68. The average molecular weight is 173 g/mol. The van der Waals surface area contributed by atoms with Gasteiger partial charge >= 0.3 is 5.97 Å². The number of rotatable bonds is 3. The Morgan fingerprint density at radius 1 is 1.75 bits per heavy atom. The monoisotopic (exact) mass is 173 g/mol. The van der Waals surface area contributed by atoms with E-state index in [4.69, 9.17) is 9.84 Å². The van der Waals surface area contributed by atoms with Crippen LogP contribution in [0.25, 0.3) is 0 Å². The topological polar surface area (TPSA) is 49.8 Å². The molecule has 1 atom stereocenters. The molecule has 4 heteroatoms. The summed E-state index contributed by atoms with van der Waals surface area (Å²) in [6.07, 6.45) is 2.19. The van der Waals surface area contributed by atoms with Crippen LogP contribution in [0.1, 0.15) is 12.8 Å². The molecule has 1 rings (SSSR count). The molecule has 1 heterocycles. The van der Waals surface area contributed by atoms with Crippen molar-refractivity contribution in [1.82, 2.24) is 4.90 Å². The van der Waals surface area contributed by atoms with E-state index in [2.05, 4.69) is 4.90 Å². The van der Waals surface area contributed by atoms with Gasteiger partial charge in [0, 0.05) is 6.54 Å². The fraction of sp³-hybridized carbons (Fsp3) is 0.875. The Labute approximate surface area is 72.1 Å². The van der Waals surface area contributed by atoms with Gasteiger partial charge in [-0.3, -0.25) is 0 Å². The van der Waals surface area contributed by atoms with Gasteiger partial charge in [0.05, 0.1) is 6.10 Å². The number of hydrogen-bond acceptors (Lipinski definition) is 3. The second kappa shape index (κ2) is 4.42. The van der Waals surface area contributed by atoms with Gasteiger partial charge in [0.1, 0.15) is 6.61 Å². The third kappa shape index (κ3) is 3.19. The van der Waals surface area contributed by atoms with Crippen molar-refractivity contribution in [2.45, 2.75) is 18.9 Å². The zero-order chi connectivity index (χ0) is 8.97. The minimum atomic E-state index is -0.886. The molecule has 0 aromatic heterocycles. The van der Waals surface area contributed by atoms with E-state index >= 15 is 0 Å². The Hall–Kier alpha value is -0.610. The van der Waals surface area contributed by atoms with Crippen LogP contribution in [0, 0.1) is 0 Å². The van der Waals surface area contributed by atoms with Crippen LogP contribution in [0.5, 0.6) is 0 Å². The number of ether oxygens (including phenoxy) is 1. The van der Waals surface area contributed by atoms with Crippen molar-refractivity contribution in [1.29, 1.82) is 0 Å². The number of carbonyl (C=O) groups is 1. The highest BCUT2D eigenvalue weighted by Crippen LogP contribution is 2.10. The SMILES string of the molecule is CN1CCCC(OCC(=O)O)C1. The number of carboxylic acids is 1. The lowest BCUT2D eigenvalue weighted by atomic mass is 10.1. The summed E-state index contributed by atoms with van der Waals surface area (Å²) in [5, 5.41) is 8.37. The largest absolute Gasteiger partial charge is 0.480 e. The van der Waals surface area contributed by atoms with Gasteiger partial charge in [-0.05, 0) is 26.4 Å². The molecule has 0 aromatic rings. The van der Waals surface area contributed by atoms with Crippen molar-refractivity contribution < 1.29 is 14.6 Å². The molecule has 1 saturated heterocycles. The number of piperidine rings is 1. The summed E-state index contributed by atoms with van der Waals surface area (Å²) in [6.45, 7) is 1.78. The number of likely N-dealkylation sites (tertiary alicyclic amines) is 1. The molecule has 1 N–H and O–H groups in total. The predicted octanol–water partition coefficient (Wildman–Crippen LogP) is 0.182. The van der Waals surface area contributed by atoms with E-state index in [-0.39, 0.29) is 12.7 Å². The highest BCUT2D eigenvalue weighted by molar-refractivity contribution is 5.68. The van der Waals surface area contributed by atoms with Gasteiger partial charge in [-0.15, -0.1) is 0 Å². The zero-order valence-electron chi connectivity index (χ0n) is 7.32. The second-order valence-electron chi connectivity index (χ2n) is 3.23. The van der Waals surface area contributed by atoms with Crippen LogP contribution in [0.2, 0.25) is 0 Å². The Morgan fingerprint density at radius 2 is 2.50 bits per heavy atom. The van der Waals surface area contributed by atoms with Crippen molar-refractivity contribution in [3.05, 3.63) is 0 Å². The molecule has 0 spiro atoms. The Kier molecular flexibility index (Phi) is 3.49. The number of nitrogens with zero attached hydrogens (tertiary/aromatic N) is 1. The summed E-state index contributed by atoms with van der Waals surface area (Å²) in [4.78, 5) is 12.3. The fourth-order valence-electron chi connectivity index (χ4n) is 1.44. The van der Waals surface area contributed by atoms with E-state index in [1.807, 2.05) is 7.05 Å². The lowest BCUT2D eigenvalue weighted by molar-refractivity contribution is -0.145. The maximum absolute atomic E-state index is 10.2. The number of carboxylic acid groups (broad SMARTS) is 1. The first-order valence-corrected chi connectivity index (χ1v) is 4.20. The molecule has 1 fully saturated rings. The Bertz CT molecular complexity index is 160. The van der Waals surface area contributed by atoms with Crippen LogP contribution in [0.3, 0.4) is 0 Å². The van der Waals surface area contributed by atoms with Gasteiger partial charge in [0.25, 0.3) is 0 Å². The van der Waals surface area contributed by atoms with Gasteiger partial charge in [0.15, 0.2) is 0 Å². The van der Waals surface area contributed by atoms with Crippen LogP contribution in [-0.2, 0) is 9.53 Å². The van der Waals surface area contributed by atoms with Crippen molar-refractivity contribution in [2.75, 3.05) is 26.7 Å². The standard InChI is InChI=1S/C8H15NO3/c1-9-4-2-3-7(5-9)12-6-8(10)11/h7H,2-6H2,1H3,(H,10,11). The van der Waals surface area contributed by atoms with Crippen LogP contribution in [-0.4, -0.2) is 48.8 Å². The van der Waals surface area contributed by atoms with E-state index < -0.39 is 5.97 Å². The third-order valence-corrected chi connectivity index (χ3v) is 2.02. The molecule has 1 aliphatic rings. The maximum atomic E-state index is 10.2. The van der Waals surface area contributed by atoms with Gasteiger partial charge < -0.3 is 14.7 Å². The molecule has 12 heavy (non-hydrogen) atoms. The van der Waals surface area contributed by atoms with Crippen LogP contribution >= 0.6 is 0 Å². The first kappa shape index (κ1) is 9.48. The van der Waals surface area contributed by atoms with E-state index in [1.165, 1.54) is 0 Å². The van der Waals surface area contributed by atoms with Gasteiger partial charge in [-0.2, -0.15) is 0 Å². The molecule has 0 amide bonds. The molecule has 0 bridgehead atoms. The minimum Gasteiger partial charge on any atom is -0.480 e. The summed E-state index contributed by atoms with van der Waals surface area (Å²) < 4.78 is 5.17. The number of likely N-dealkylation sites (N-methyl/N-ethyl adjacent to an activating group) is 1. The number of aliphatic carboxylic acids is 1. The predicted molar refractivity (Wildman–Crippen MR) is 44.1 cm³/mol. The average Bonchev–Trinajstić information content (AvgIpc) is 2.01. The normalized spacial score (nSPS) is 25.6. The first-order valence-electron chi connectivity index (χ1n) is 4.20. The van der Waals surface area contributed by atoms with E-state index in [0.29, 0.717) is 0 Å². The number of hydrogen-bond donors (Lipinski definition) is 1. The summed E-state index contributed by atoms with van der Waals surface area (Å²) in [5.74, 6) is -0.886. The summed E-state index contributed by atoms with van der Waals surface area (Å²) >= 11 is 0. The molecule has 70 valence electrons. The van der Waals surface area contributed by atoms with Crippen molar-refractivity contribution in [2.24, 2.45) is 0 Å². The van der Waals surface area contributed by atoms with E-state index in [9.17, 15) is 4.79 Å². The van der Waals surface area contributed by atoms with Gasteiger partial charge in [-0.1, -0.05) is 0 Å². The lowest BCUT2D eigenvalue weighted by Crippen LogP contribution is -2.37. The molecule has 4 nitrogen and oxygen atoms in total. The smallest absolute Gasteiger partial charge is 0.329 e. The lowest BCUT2D eigenvalue weighted by Gasteiger charge is -2.29. The van der Waals surface area contributed by atoms with Crippen LogP contribution in [0.4, 0.5) is 0 Å². The molecule has 1 unspecified atom stereocenters. The Morgan fingerprint density at radius 3 is 3.08 bits per heavy atom. The van der Waals surface area contributed by atoms with E-state index in [0.717, 1.165) is 25.9 Å². The fourth-order valence-corrected chi connectivity index (χ4v) is 1.44. The maximum Gasteiger partial charge on any atom is 0.329 e. The van der Waals surface area contributed by atoms with Gasteiger partial charge in [0.2, 0.25) is 0 Å². The highest BCUT2D eigenvalue weighted by atomic mass is 16.5. The molecule has 1 aliphatic heterocycles. The minimum absolute atomic E-state index is 0.111. The quantitative estimate of drug-likeness (QED) is 0.661. The van der Waals surface area contributed by atoms with Crippen molar-refractivity contribution in [3.63, 3.8) is 0 Å². The summed E-state index contributed by atoms with van der Waals surface area (Å²) in [7, 11) is 2.02. The molecule has 0 saturated carbocycles. The molecular formula is C8H15NO3. The Balaban J connectivity index is 2.18. The summed E-state index contributed by atoms with van der Waals surface area (Å²) in [5.41, 5.74) is 0. The third-order valence-electron chi connectivity index (χ3n) is 2.02. The molecular weight excluding hydrogens is 158 g/mol.